The number of rotatable bonds is 8. The molecule has 1 heterocycles. The van der Waals surface area contributed by atoms with E-state index in [0.29, 0.717) is 22.7 Å². The number of amides is 1. The molecule has 2 N–H and O–H groups in total. The number of thioether (sulfide) groups is 1. The van der Waals surface area contributed by atoms with Gasteiger partial charge in [-0.1, -0.05) is 48.2 Å². The molecule has 12 heteroatoms. The second kappa shape index (κ2) is 11.7. The van der Waals surface area contributed by atoms with Gasteiger partial charge in [-0.05, 0) is 59.3 Å². The fraction of sp³-hybridized carbons (Fsp3) is 0.103. The second-order valence-electron chi connectivity index (χ2n) is 8.72. The molecule has 0 saturated carbocycles. The molecule has 0 saturated heterocycles. The van der Waals surface area contributed by atoms with Crippen molar-refractivity contribution in [3.05, 3.63) is 96.1 Å². The molecule has 0 radical (unpaired) electrons. The molecule has 0 atom stereocenters. The molecule has 0 aliphatic rings. The number of hydrogen-bond donors (Lipinski definition) is 2. The molecular formula is C29H22F3N5O3S. The molecule has 5 aromatic rings. The lowest BCUT2D eigenvalue weighted by Gasteiger charge is -2.13. The van der Waals surface area contributed by atoms with Crippen LogP contribution in [-0.2, 0) is 11.0 Å². The fourth-order valence-electron chi connectivity index (χ4n) is 4.10. The van der Waals surface area contributed by atoms with Crippen LogP contribution in [0.4, 0.5) is 13.2 Å². The molecule has 0 spiro atoms. The number of nitrogens with one attached hydrogen (secondary N) is 1. The lowest BCUT2D eigenvalue weighted by Crippen LogP contribution is -2.20. The number of halogens is 3. The van der Waals surface area contributed by atoms with Crippen LogP contribution in [0.2, 0.25) is 0 Å². The predicted molar refractivity (Wildman–Crippen MR) is 150 cm³/mol. The van der Waals surface area contributed by atoms with Crippen LogP contribution in [0.15, 0.2) is 95.2 Å². The van der Waals surface area contributed by atoms with Crippen molar-refractivity contribution >= 4 is 34.7 Å². The number of nitrogens with zero attached hydrogens (tertiary/aromatic N) is 4. The first-order valence-corrected chi connectivity index (χ1v) is 13.2. The van der Waals surface area contributed by atoms with E-state index in [0.717, 1.165) is 34.7 Å². The van der Waals surface area contributed by atoms with Crippen LogP contribution in [0.1, 0.15) is 11.1 Å². The van der Waals surface area contributed by atoms with Crippen LogP contribution in [0.5, 0.6) is 11.5 Å². The molecule has 0 bridgehead atoms. The number of phenolic OH excluding ortho intramolecular Hbond substituents is 1. The molecule has 5 rings (SSSR count). The van der Waals surface area contributed by atoms with Gasteiger partial charge in [0.15, 0.2) is 11.0 Å². The highest BCUT2D eigenvalue weighted by Crippen LogP contribution is 2.34. The lowest BCUT2D eigenvalue weighted by atomic mass is 10.0. The highest BCUT2D eigenvalue weighted by Gasteiger charge is 2.31. The topological polar surface area (TPSA) is 102 Å². The number of aromatic nitrogens is 3. The third-order valence-electron chi connectivity index (χ3n) is 6.08. The van der Waals surface area contributed by atoms with Crippen LogP contribution in [-0.4, -0.2) is 44.9 Å². The van der Waals surface area contributed by atoms with Gasteiger partial charge in [-0.15, -0.1) is 10.2 Å². The number of hydrazone groups is 1. The van der Waals surface area contributed by atoms with Gasteiger partial charge < -0.3 is 9.84 Å². The van der Waals surface area contributed by atoms with Crippen LogP contribution in [0.3, 0.4) is 0 Å². The Bertz CT molecular complexity index is 1740. The normalized spacial score (nSPS) is 11.7. The number of alkyl halides is 3. The molecule has 4 aromatic carbocycles. The second-order valence-corrected chi connectivity index (χ2v) is 9.66. The first-order valence-electron chi connectivity index (χ1n) is 12.2. The molecule has 8 nitrogen and oxygen atoms in total. The average Bonchev–Trinajstić information content (AvgIpc) is 3.41. The molecule has 41 heavy (non-hydrogen) atoms. The SMILES string of the molecule is COc1ccc(-c2nnc(SCC(=O)N/N=C/c3c(O)ccc4ccccc34)n2-c2cccc(C(F)(F)F)c2)cc1. The number of hydrogen-bond acceptors (Lipinski definition) is 7. The highest BCUT2D eigenvalue weighted by molar-refractivity contribution is 7.99. The van der Waals surface area contributed by atoms with Gasteiger partial charge in [0.25, 0.3) is 5.91 Å². The van der Waals surface area contributed by atoms with Crippen LogP contribution in [0, 0.1) is 0 Å². The molecular weight excluding hydrogens is 555 g/mol. The summed E-state index contributed by atoms with van der Waals surface area (Å²) in [5.41, 5.74) is 2.80. The quantitative estimate of drug-likeness (QED) is 0.132. The van der Waals surface area contributed by atoms with Gasteiger partial charge >= 0.3 is 6.18 Å². The zero-order chi connectivity index (χ0) is 29.0. The minimum absolute atomic E-state index is 0.0105. The molecule has 208 valence electrons. The lowest BCUT2D eigenvalue weighted by molar-refractivity contribution is -0.137. The van der Waals surface area contributed by atoms with Gasteiger partial charge in [-0.2, -0.15) is 18.3 Å². The van der Waals surface area contributed by atoms with E-state index in [-0.39, 0.29) is 22.3 Å². The van der Waals surface area contributed by atoms with E-state index in [1.165, 1.54) is 30.0 Å². The van der Waals surface area contributed by atoms with Gasteiger partial charge in [0.05, 0.1) is 30.3 Å². The fourth-order valence-corrected chi connectivity index (χ4v) is 4.84. The average molecular weight is 578 g/mol. The molecule has 0 aliphatic carbocycles. The minimum atomic E-state index is -4.55. The first kappa shape index (κ1) is 27.7. The van der Waals surface area contributed by atoms with Crippen LogP contribution in [0.25, 0.3) is 27.8 Å². The third-order valence-corrected chi connectivity index (χ3v) is 7.01. The molecule has 1 amide bonds. The first-order chi connectivity index (χ1) is 19.7. The summed E-state index contributed by atoms with van der Waals surface area (Å²) in [5, 5.41) is 24.5. The molecule has 1 aromatic heterocycles. The van der Waals surface area contributed by atoms with E-state index in [2.05, 4.69) is 20.7 Å². The van der Waals surface area contributed by atoms with Gasteiger partial charge in [0.2, 0.25) is 0 Å². The summed E-state index contributed by atoms with van der Waals surface area (Å²) in [7, 11) is 1.52. The van der Waals surface area contributed by atoms with E-state index in [4.69, 9.17) is 4.74 Å². The number of methoxy groups -OCH3 is 1. The highest BCUT2D eigenvalue weighted by atomic mass is 32.2. The Hall–Kier alpha value is -4.84. The summed E-state index contributed by atoms with van der Waals surface area (Å²) < 4.78 is 47.1. The minimum Gasteiger partial charge on any atom is -0.507 e. The monoisotopic (exact) mass is 577 g/mol. The zero-order valence-electron chi connectivity index (χ0n) is 21.5. The van der Waals surface area contributed by atoms with E-state index in [9.17, 15) is 23.1 Å². The largest absolute Gasteiger partial charge is 0.507 e. The molecule has 0 fully saturated rings. The van der Waals surface area contributed by atoms with Gasteiger partial charge in [-0.3, -0.25) is 9.36 Å². The van der Waals surface area contributed by atoms with Crippen molar-refractivity contribution in [2.75, 3.05) is 12.9 Å². The van der Waals surface area contributed by atoms with Crippen molar-refractivity contribution in [2.45, 2.75) is 11.3 Å². The maximum atomic E-state index is 13.5. The standard InChI is InChI=1S/C29H22F3N5O3S/c1-40-22-12-9-19(10-13-22)27-35-36-28(37(27)21-7-4-6-20(15-21)29(30,31)32)41-17-26(39)34-33-16-24-23-8-3-2-5-18(23)11-14-25(24)38/h2-16,38H,17H2,1H3,(H,34,39)/b33-16+. The number of fused-ring (bicyclic) bond motifs is 1. The summed E-state index contributed by atoms with van der Waals surface area (Å²) in [5.74, 6) is 0.257. The Labute approximate surface area is 236 Å². The Morgan fingerprint density at radius 3 is 2.59 bits per heavy atom. The van der Waals surface area contributed by atoms with Crippen molar-refractivity contribution in [1.82, 2.24) is 20.2 Å². The van der Waals surface area contributed by atoms with E-state index >= 15 is 0 Å². The van der Waals surface area contributed by atoms with Crippen molar-refractivity contribution < 1.29 is 27.8 Å². The third kappa shape index (κ3) is 6.17. The van der Waals surface area contributed by atoms with Gasteiger partial charge in [0.1, 0.15) is 11.5 Å². The maximum Gasteiger partial charge on any atom is 0.416 e. The maximum absolute atomic E-state index is 13.5. The summed E-state index contributed by atoms with van der Waals surface area (Å²) in [6, 6.07) is 22.4. The smallest absolute Gasteiger partial charge is 0.416 e. The number of benzene rings is 4. The Balaban J connectivity index is 1.38. The van der Waals surface area contributed by atoms with Crippen molar-refractivity contribution in [3.63, 3.8) is 0 Å². The number of ether oxygens (including phenoxy) is 1. The number of carbonyl (C=O) groups excluding carboxylic acids is 1. The van der Waals surface area contributed by atoms with E-state index in [1.54, 1.807) is 36.4 Å². The van der Waals surface area contributed by atoms with Crippen molar-refractivity contribution in [2.24, 2.45) is 5.10 Å². The van der Waals surface area contributed by atoms with E-state index in [1.807, 2.05) is 24.3 Å². The zero-order valence-corrected chi connectivity index (χ0v) is 22.3. The Morgan fingerprint density at radius 2 is 1.83 bits per heavy atom. The van der Waals surface area contributed by atoms with Gasteiger partial charge in [0, 0.05) is 11.1 Å². The Kier molecular flexibility index (Phi) is 7.92. The molecule has 0 unspecified atom stereocenters. The summed E-state index contributed by atoms with van der Waals surface area (Å²) in [6.07, 6.45) is -3.19. The summed E-state index contributed by atoms with van der Waals surface area (Å²) in [6.45, 7) is 0. The summed E-state index contributed by atoms with van der Waals surface area (Å²) >= 11 is 0.987. The predicted octanol–water partition coefficient (Wildman–Crippen LogP) is 6.06. The summed E-state index contributed by atoms with van der Waals surface area (Å²) in [4.78, 5) is 12.6. The molecule has 0 aliphatic heterocycles. The number of carbonyl (C=O) groups is 1. The van der Waals surface area contributed by atoms with Crippen LogP contribution >= 0.6 is 11.8 Å². The number of phenols is 1. The van der Waals surface area contributed by atoms with E-state index < -0.39 is 17.6 Å². The van der Waals surface area contributed by atoms with Crippen molar-refractivity contribution in [3.8, 4) is 28.6 Å². The van der Waals surface area contributed by atoms with Crippen molar-refractivity contribution in [1.29, 1.82) is 0 Å². The van der Waals surface area contributed by atoms with Crippen LogP contribution < -0.4 is 10.2 Å². The Morgan fingerprint density at radius 1 is 1.05 bits per heavy atom. The van der Waals surface area contributed by atoms with Gasteiger partial charge in [-0.25, -0.2) is 5.43 Å². The number of aromatic hydroxyl groups is 1.